The molecule has 1 N–H and O–H groups in total. The molecular formula is C21H26N2O4S. The second kappa shape index (κ2) is 6.87. The first-order valence-electron chi connectivity index (χ1n) is 10.2. The van der Waals surface area contributed by atoms with E-state index in [0.29, 0.717) is 29.4 Å². The SMILES string of the molecule is COc1ccc2c(c1)O[C@@]1(C[C@H]3CC[C@H]1C[C@@H]3C(=O)N1CCSCC1)NC2=O. The molecule has 5 aliphatic rings. The van der Waals surface area contributed by atoms with Gasteiger partial charge in [0.2, 0.25) is 5.91 Å². The number of benzene rings is 1. The van der Waals surface area contributed by atoms with E-state index < -0.39 is 5.72 Å². The Labute approximate surface area is 169 Å². The third-order valence-electron chi connectivity index (χ3n) is 6.91. The first-order valence-corrected chi connectivity index (χ1v) is 11.3. The average Bonchev–Trinajstić information content (AvgIpc) is 2.73. The Balaban J connectivity index is 1.38. The summed E-state index contributed by atoms with van der Waals surface area (Å²) in [7, 11) is 1.61. The Morgan fingerprint density at radius 2 is 2.14 bits per heavy atom. The highest BCUT2D eigenvalue weighted by Gasteiger charge is 2.57. The van der Waals surface area contributed by atoms with Crippen LogP contribution in [0.4, 0.5) is 0 Å². The van der Waals surface area contributed by atoms with Crippen LogP contribution in [0.1, 0.15) is 36.0 Å². The molecule has 6 nitrogen and oxygen atoms in total. The molecule has 3 saturated carbocycles. The van der Waals surface area contributed by atoms with Crippen molar-refractivity contribution in [2.24, 2.45) is 17.8 Å². The van der Waals surface area contributed by atoms with Crippen molar-refractivity contribution >= 4 is 23.6 Å². The number of fused-ring (bicyclic) bond motifs is 3. The lowest BCUT2D eigenvalue weighted by atomic mass is 9.59. The maximum Gasteiger partial charge on any atom is 0.258 e. The van der Waals surface area contributed by atoms with Crippen LogP contribution in [0.3, 0.4) is 0 Å². The van der Waals surface area contributed by atoms with Crippen LogP contribution in [-0.4, -0.2) is 54.1 Å². The number of hydrogen-bond donors (Lipinski definition) is 1. The van der Waals surface area contributed by atoms with Crippen LogP contribution in [0.5, 0.6) is 11.5 Å². The van der Waals surface area contributed by atoms with Crippen molar-refractivity contribution in [3.63, 3.8) is 0 Å². The van der Waals surface area contributed by atoms with Gasteiger partial charge in [0.05, 0.1) is 12.7 Å². The van der Waals surface area contributed by atoms with Gasteiger partial charge in [-0.2, -0.15) is 11.8 Å². The fourth-order valence-electron chi connectivity index (χ4n) is 5.44. The Kier molecular flexibility index (Phi) is 4.45. The number of nitrogens with zero attached hydrogens (tertiary/aromatic N) is 1. The van der Waals surface area contributed by atoms with Gasteiger partial charge in [-0.1, -0.05) is 0 Å². The van der Waals surface area contributed by atoms with E-state index in [9.17, 15) is 9.59 Å². The predicted octanol–water partition coefficient (Wildman–Crippen LogP) is 2.53. The highest BCUT2D eigenvalue weighted by Crippen LogP contribution is 2.53. The number of ether oxygens (including phenoxy) is 2. The molecule has 0 unspecified atom stereocenters. The van der Waals surface area contributed by atoms with Gasteiger partial charge >= 0.3 is 0 Å². The molecular weight excluding hydrogens is 376 g/mol. The quantitative estimate of drug-likeness (QED) is 0.823. The minimum atomic E-state index is -0.687. The van der Waals surface area contributed by atoms with Crippen molar-refractivity contribution in [2.45, 2.75) is 31.4 Å². The number of nitrogens with one attached hydrogen (secondary N) is 1. The molecule has 2 bridgehead atoms. The summed E-state index contributed by atoms with van der Waals surface area (Å²) in [4.78, 5) is 28.0. The summed E-state index contributed by atoms with van der Waals surface area (Å²) in [6.45, 7) is 1.73. The van der Waals surface area contributed by atoms with Gasteiger partial charge in [-0.05, 0) is 37.3 Å². The molecule has 1 saturated heterocycles. The lowest BCUT2D eigenvalue weighted by Crippen LogP contribution is -2.67. The highest BCUT2D eigenvalue weighted by atomic mass is 32.2. The van der Waals surface area contributed by atoms with E-state index in [-0.39, 0.29) is 23.7 Å². The average molecular weight is 403 g/mol. The fourth-order valence-corrected chi connectivity index (χ4v) is 6.34. The highest BCUT2D eigenvalue weighted by molar-refractivity contribution is 7.99. The van der Waals surface area contributed by atoms with Crippen LogP contribution < -0.4 is 14.8 Å². The Bertz CT molecular complexity index is 810. The van der Waals surface area contributed by atoms with Gasteiger partial charge < -0.3 is 19.7 Å². The molecule has 2 aliphatic heterocycles. The van der Waals surface area contributed by atoms with E-state index in [1.807, 2.05) is 11.8 Å². The summed E-state index contributed by atoms with van der Waals surface area (Å²) >= 11 is 1.92. The van der Waals surface area contributed by atoms with Crippen molar-refractivity contribution in [1.29, 1.82) is 0 Å². The number of methoxy groups -OCH3 is 1. The van der Waals surface area contributed by atoms with Crippen LogP contribution in [-0.2, 0) is 4.79 Å². The number of rotatable bonds is 2. The van der Waals surface area contributed by atoms with Crippen molar-refractivity contribution in [3.8, 4) is 11.5 Å². The minimum Gasteiger partial charge on any atom is -0.497 e. The second-order valence-electron chi connectivity index (χ2n) is 8.33. The molecule has 7 heteroatoms. The third-order valence-corrected chi connectivity index (χ3v) is 7.85. The standard InChI is InChI=1S/C21H26N2O4S/c1-26-15-4-5-16-18(11-15)27-21(22-19(16)24)12-13-2-3-14(21)10-17(13)20(25)23-6-8-28-9-7-23/h4-5,11,13-14,17H,2-3,6-10,12H2,1H3,(H,22,24)/t13-,14+,17+,21-/m1/s1. The Morgan fingerprint density at radius 1 is 1.32 bits per heavy atom. The number of carbonyl (C=O) groups is 2. The van der Waals surface area contributed by atoms with E-state index in [1.54, 1.807) is 25.3 Å². The largest absolute Gasteiger partial charge is 0.497 e. The first kappa shape index (κ1) is 18.2. The van der Waals surface area contributed by atoms with Gasteiger partial charge in [0, 0.05) is 48.9 Å². The summed E-state index contributed by atoms with van der Waals surface area (Å²) in [5, 5.41) is 3.17. The maximum absolute atomic E-state index is 13.1. The molecule has 0 aromatic heterocycles. The third kappa shape index (κ3) is 2.86. The summed E-state index contributed by atoms with van der Waals surface area (Å²) in [5.74, 6) is 4.06. The van der Waals surface area contributed by atoms with Crippen LogP contribution in [0, 0.1) is 17.8 Å². The van der Waals surface area contributed by atoms with Gasteiger partial charge in [-0.15, -0.1) is 0 Å². The molecule has 1 aromatic carbocycles. The summed E-state index contributed by atoms with van der Waals surface area (Å²) in [6, 6.07) is 5.32. The molecule has 1 aromatic rings. The number of amides is 2. The normalized spacial score (nSPS) is 33.8. The molecule has 0 radical (unpaired) electrons. The zero-order chi connectivity index (χ0) is 19.3. The Hall–Kier alpha value is -1.89. The fraction of sp³-hybridized carbons (Fsp3) is 0.619. The lowest BCUT2D eigenvalue weighted by Gasteiger charge is -2.55. The van der Waals surface area contributed by atoms with Gasteiger partial charge in [0.15, 0.2) is 5.72 Å². The number of hydrogen-bond acceptors (Lipinski definition) is 5. The number of thioether (sulfide) groups is 1. The molecule has 4 fully saturated rings. The van der Waals surface area contributed by atoms with Crippen molar-refractivity contribution < 1.29 is 19.1 Å². The van der Waals surface area contributed by atoms with Crippen LogP contribution in [0.15, 0.2) is 18.2 Å². The van der Waals surface area contributed by atoms with E-state index >= 15 is 0 Å². The van der Waals surface area contributed by atoms with E-state index in [2.05, 4.69) is 10.2 Å². The molecule has 1 spiro atoms. The zero-order valence-corrected chi connectivity index (χ0v) is 16.9. The van der Waals surface area contributed by atoms with Crippen LogP contribution in [0.25, 0.3) is 0 Å². The summed E-state index contributed by atoms with van der Waals surface area (Å²) in [5.41, 5.74) is -0.139. The lowest BCUT2D eigenvalue weighted by molar-refractivity contribution is -0.155. The number of carbonyl (C=O) groups excluding carboxylic acids is 2. The van der Waals surface area contributed by atoms with Gasteiger partial charge in [0.1, 0.15) is 11.5 Å². The van der Waals surface area contributed by atoms with E-state index in [0.717, 1.165) is 43.9 Å². The molecule has 4 atom stereocenters. The first-order chi connectivity index (χ1) is 13.6. The second-order valence-corrected chi connectivity index (χ2v) is 9.55. The molecule has 28 heavy (non-hydrogen) atoms. The summed E-state index contributed by atoms with van der Waals surface area (Å²) in [6.07, 6.45) is 3.53. The van der Waals surface area contributed by atoms with E-state index in [1.165, 1.54) is 0 Å². The molecule has 3 aliphatic carbocycles. The van der Waals surface area contributed by atoms with Crippen LogP contribution >= 0.6 is 11.8 Å². The molecule has 150 valence electrons. The zero-order valence-electron chi connectivity index (χ0n) is 16.1. The van der Waals surface area contributed by atoms with Crippen LogP contribution in [0.2, 0.25) is 0 Å². The van der Waals surface area contributed by atoms with E-state index in [4.69, 9.17) is 9.47 Å². The Morgan fingerprint density at radius 3 is 2.86 bits per heavy atom. The predicted molar refractivity (Wildman–Crippen MR) is 107 cm³/mol. The molecule has 2 amide bonds. The monoisotopic (exact) mass is 402 g/mol. The molecule has 2 heterocycles. The van der Waals surface area contributed by atoms with Gasteiger partial charge in [0.25, 0.3) is 5.91 Å². The van der Waals surface area contributed by atoms with Gasteiger partial charge in [-0.3, -0.25) is 9.59 Å². The van der Waals surface area contributed by atoms with Crippen molar-refractivity contribution in [2.75, 3.05) is 31.7 Å². The smallest absolute Gasteiger partial charge is 0.258 e. The van der Waals surface area contributed by atoms with Gasteiger partial charge in [-0.25, -0.2) is 0 Å². The van der Waals surface area contributed by atoms with Crippen molar-refractivity contribution in [3.05, 3.63) is 23.8 Å². The maximum atomic E-state index is 13.1. The van der Waals surface area contributed by atoms with Crippen molar-refractivity contribution in [1.82, 2.24) is 10.2 Å². The topological polar surface area (TPSA) is 67.9 Å². The summed E-state index contributed by atoms with van der Waals surface area (Å²) < 4.78 is 11.7. The minimum absolute atomic E-state index is 0.0692. The molecule has 6 rings (SSSR count).